The maximum Gasteiger partial charge on any atom is 0.193 e. The number of rotatable bonds is 3. The predicted molar refractivity (Wildman–Crippen MR) is 72.7 cm³/mol. The van der Waals surface area contributed by atoms with E-state index in [-0.39, 0.29) is 11.9 Å². The van der Waals surface area contributed by atoms with E-state index in [4.69, 9.17) is 4.74 Å². The van der Waals surface area contributed by atoms with Crippen LogP contribution in [0.15, 0.2) is 53.0 Å². The van der Waals surface area contributed by atoms with Gasteiger partial charge in [-0.05, 0) is 29.8 Å². The van der Waals surface area contributed by atoms with Crippen molar-refractivity contribution in [2.45, 2.75) is 6.10 Å². The molecule has 1 fully saturated rings. The molecule has 0 amide bonds. The molecular weight excluding hydrogens is 292 g/mol. The fourth-order valence-corrected chi connectivity index (χ4v) is 2.12. The molecule has 1 aliphatic heterocycles. The van der Waals surface area contributed by atoms with E-state index in [1.165, 1.54) is 0 Å². The average Bonchev–Trinajstić information content (AvgIpc) is 3.23. The van der Waals surface area contributed by atoms with E-state index in [9.17, 15) is 4.79 Å². The summed E-state index contributed by atoms with van der Waals surface area (Å²) < 4.78 is 6.18. The summed E-state index contributed by atoms with van der Waals surface area (Å²) in [5, 5.41) is 0. The quantitative estimate of drug-likeness (QED) is 0.638. The average molecular weight is 303 g/mol. The lowest BCUT2D eigenvalue weighted by atomic mass is 10.0. The van der Waals surface area contributed by atoms with Gasteiger partial charge < -0.3 is 4.74 Å². The Morgan fingerprint density at radius 3 is 2.00 bits per heavy atom. The predicted octanol–water partition coefficient (Wildman–Crippen LogP) is 3.75. The van der Waals surface area contributed by atoms with Gasteiger partial charge in [0.2, 0.25) is 0 Å². The summed E-state index contributed by atoms with van der Waals surface area (Å²) in [6.07, 6.45) is 0.238. The summed E-state index contributed by atoms with van der Waals surface area (Å²) in [6, 6.07) is 15.0. The van der Waals surface area contributed by atoms with E-state index < -0.39 is 0 Å². The van der Waals surface area contributed by atoms with Crippen LogP contribution in [-0.2, 0) is 4.74 Å². The van der Waals surface area contributed by atoms with E-state index in [1.54, 1.807) is 0 Å². The number of halogens is 1. The number of benzene rings is 2. The molecule has 2 aromatic rings. The number of ketones is 1. The molecule has 1 atom stereocenters. The molecule has 1 saturated heterocycles. The van der Waals surface area contributed by atoms with Crippen LogP contribution in [0.4, 0.5) is 0 Å². The minimum atomic E-state index is 0.0470. The van der Waals surface area contributed by atoms with Crippen LogP contribution in [0.1, 0.15) is 27.6 Å². The molecule has 0 spiro atoms. The van der Waals surface area contributed by atoms with Crippen molar-refractivity contribution in [1.82, 2.24) is 0 Å². The normalized spacial score (nSPS) is 17.5. The van der Waals surface area contributed by atoms with E-state index in [0.29, 0.717) is 11.1 Å². The number of epoxide rings is 1. The molecular formula is C15H11BrO2. The van der Waals surface area contributed by atoms with Gasteiger partial charge in [0.25, 0.3) is 0 Å². The van der Waals surface area contributed by atoms with Crippen LogP contribution in [0.2, 0.25) is 0 Å². The van der Waals surface area contributed by atoms with Gasteiger partial charge in [-0.2, -0.15) is 0 Å². The van der Waals surface area contributed by atoms with Gasteiger partial charge in [-0.25, -0.2) is 0 Å². The third-order valence-electron chi connectivity index (χ3n) is 2.98. The molecule has 90 valence electrons. The van der Waals surface area contributed by atoms with Gasteiger partial charge in [-0.3, -0.25) is 4.79 Å². The van der Waals surface area contributed by atoms with Crippen LogP contribution >= 0.6 is 15.9 Å². The number of carbonyl (C=O) groups excluding carboxylic acids is 1. The summed E-state index contributed by atoms with van der Waals surface area (Å²) in [7, 11) is 0. The third kappa shape index (κ3) is 2.37. The zero-order chi connectivity index (χ0) is 12.5. The van der Waals surface area contributed by atoms with Crippen LogP contribution in [-0.4, -0.2) is 12.4 Å². The van der Waals surface area contributed by atoms with Crippen molar-refractivity contribution in [3.05, 3.63) is 69.7 Å². The van der Waals surface area contributed by atoms with Crippen molar-refractivity contribution in [1.29, 1.82) is 0 Å². The first kappa shape index (κ1) is 11.6. The molecule has 0 aliphatic carbocycles. The first-order chi connectivity index (χ1) is 8.74. The first-order valence-electron chi connectivity index (χ1n) is 5.76. The highest BCUT2D eigenvalue weighted by Gasteiger charge is 2.24. The standard InChI is InChI=1S/C15H11BrO2/c16-13-7-5-12(6-8-13)15(17)11-3-1-10(2-4-11)14-9-18-14/h1-8,14H,9H2. The molecule has 0 N–H and O–H groups in total. The molecule has 18 heavy (non-hydrogen) atoms. The van der Waals surface area contributed by atoms with Crippen molar-refractivity contribution in [2.24, 2.45) is 0 Å². The lowest BCUT2D eigenvalue weighted by Gasteiger charge is -2.02. The van der Waals surface area contributed by atoms with Crippen LogP contribution < -0.4 is 0 Å². The number of hydrogen-bond donors (Lipinski definition) is 0. The summed E-state index contributed by atoms with van der Waals surface area (Å²) in [4.78, 5) is 12.2. The summed E-state index contributed by atoms with van der Waals surface area (Å²) in [5.74, 6) is 0.0470. The number of hydrogen-bond acceptors (Lipinski definition) is 2. The Morgan fingerprint density at radius 1 is 1.00 bits per heavy atom. The smallest absolute Gasteiger partial charge is 0.193 e. The summed E-state index contributed by atoms with van der Waals surface area (Å²) in [5.41, 5.74) is 2.55. The molecule has 2 aromatic carbocycles. The van der Waals surface area contributed by atoms with Crippen molar-refractivity contribution in [2.75, 3.05) is 6.61 Å². The largest absolute Gasteiger partial charge is 0.368 e. The van der Waals surface area contributed by atoms with Gasteiger partial charge in [-0.1, -0.05) is 40.2 Å². The van der Waals surface area contributed by atoms with E-state index in [2.05, 4.69) is 15.9 Å². The van der Waals surface area contributed by atoms with Crippen molar-refractivity contribution < 1.29 is 9.53 Å². The Hall–Kier alpha value is -1.45. The van der Waals surface area contributed by atoms with Gasteiger partial charge in [0, 0.05) is 15.6 Å². The maximum atomic E-state index is 12.2. The van der Waals surface area contributed by atoms with Crippen molar-refractivity contribution in [3.8, 4) is 0 Å². The van der Waals surface area contributed by atoms with Crippen LogP contribution in [0.5, 0.6) is 0 Å². The second kappa shape index (κ2) is 4.67. The Bertz CT molecular complexity index is 568. The molecule has 1 unspecified atom stereocenters. The lowest BCUT2D eigenvalue weighted by Crippen LogP contribution is -2.00. The Kier molecular flexibility index (Phi) is 3.02. The van der Waals surface area contributed by atoms with Gasteiger partial charge in [0.1, 0.15) is 6.10 Å². The second-order valence-corrected chi connectivity index (χ2v) is 5.20. The topological polar surface area (TPSA) is 29.6 Å². The fourth-order valence-electron chi connectivity index (χ4n) is 1.86. The zero-order valence-electron chi connectivity index (χ0n) is 9.60. The molecule has 3 rings (SSSR count). The van der Waals surface area contributed by atoms with E-state index in [0.717, 1.165) is 16.6 Å². The highest BCUT2D eigenvalue weighted by Crippen LogP contribution is 2.29. The summed E-state index contributed by atoms with van der Waals surface area (Å²) in [6.45, 7) is 0.792. The van der Waals surface area contributed by atoms with Gasteiger partial charge in [-0.15, -0.1) is 0 Å². The zero-order valence-corrected chi connectivity index (χ0v) is 11.2. The molecule has 1 heterocycles. The Balaban J connectivity index is 1.84. The van der Waals surface area contributed by atoms with E-state index >= 15 is 0 Å². The molecule has 1 aliphatic rings. The second-order valence-electron chi connectivity index (χ2n) is 4.28. The third-order valence-corrected chi connectivity index (χ3v) is 3.51. The van der Waals surface area contributed by atoms with Crippen molar-refractivity contribution in [3.63, 3.8) is 0 Å². The van der Waals surface area contributed by atoms with E-state index in [1.807, 2.05) is 48.5 Å². The van der Waals surface area contributed by atoms with Crippen LogP contribution in [0, 0.1) is 0 Å². The maximum absolute atomic E-state index is 12.2. The molecule has 2 nitrogen and oxygen atoms in total. The first-order valence-corrected chi connectivity index (χ1v) is 6.55. The van der Waals surface area contributed by atoms with Gasteiger partial charge in [0.15, 0.2) is 5.78 Å². The Morgan fingerprint density at radius 2 is 1.50 bits per heavy atom. The molecule has 0 radical (unpaired) electrons. The van der Waals surface area contributed by atoms with Crippen molar-refractivity contribution >= 4 is 21.7 Å². The molecule has 0 aromatic heterocycles. The minimum Gasteiger partial charge on any atom is -0.368 e. The SMILES string of the molecule is O=C(c1ccc(Br)cc1)c1ccc(C2CO2)cc1. The fraction of sp³-hybridized carbons (Fsp3) is 0.133. The highest BCUT2D eigenvalue weighted by atomic mass is 79.9. The number of ether oxygens (including phenoxy) is 1. The van der Waals surface area contributed by atoms with Crippen LogP contribution in [0.3, 0.4) is 0 Å². The van der Waals surface area contributed by atoms with Crippen LogP contribution in [0.25, 0.3) is 0 Å². The Labute approximate surface area is 114 Å². The monoisotopic (exact) mass is 302 g/mol. The van der Waals surface area contributed by atoms with Gasteiger partial charge >= 0.3 is 0 Å². The van der Waals surface area contributed by atoms with Gasteiger partial charge in [0.05, 0.1) is 6.61 Å². The molecule has 0 bridgehead atoms. The number of carbonyl (C=O) groups is 1. The lowest BCUT2D eigenvalue weighted by molar-refractivity contribution is 0.103. The molecule has 3 heteroatoms. The molecule has 0 saturated carbocycles. The summed E-state index contributed by atoms with van der Waals surface area (Å²) >= 11 is 3.36. The minimum absolute atomic E-state index is 0.0470. The highest BCUT2D eigenvalue weighted by molar-refractivity contribution is 9.10.